The van der Waals surface area contributed by atoms with Crippen molar-refractivity contribution in [3.8, 4) is 0 Å². The summed E-state index contributed by atoms with van der Waals surface area (Å²) in [5, 5.41) is 3.41. The lowest BCUT2D eigenvalue weighted by molar-refractivity contribution is 0.150. The van der Waals surface area contributed by atoms with Crippen LogP contribution in [0.1, 0.15) is 31.5 Å². The van der Waals surface area contributed by atoms with Gasteiger partial charge in [0.25, 0.3) is 0 Å². The Hall–Kier alpha value is -0.800. The van der Waals surface area contributed by atoms with Gasteiger partial charge in [-0.25, -0.2) is 0 Å². The van der Waals surface area contributed by atoms with Crippen molar-refractivity contribution in [3.63, 3.8) is 0 Å². The maximum atomic E-state index is 3.41. The molecule has 2 rings (SSSR count). The van der Waals surface area contributed by atoms with Crippen LogP contribution in [0.25, 0.3) is 0 Å². The van der Waals surface area contributed by atoms with Crippen LogP contribution >= 0.6 is 0 Å². The van der Waals surface area contributed by atoms with Crippen LogP contribution in [0.4, 0.5) is 0 Å². The number of rotatable bonds is 3. The summed E-state index contributed by atoms with van der Waals surface area (Å²) in [5.41, 5.74) is 1.32. The van der Waals surface area contributed by atoms with E-state index in [1.54, 1.807) is 0 Å². The molecule has 0 amide bonds. The zero-order valence-corrected chi connectivity index (χ0v) is 9.66. The molecule has 1 atom stereocenters. The molecule has 1 fully saturated rings. The third-order valence-electron chi connectivity index (χ3n) is 3.57. The molecule has 3 heteroatoms. The highest BCUT2D eigenvalue weighted by Crippen LogP contribution is 2.22. The number of aromatic amines is 1. The third kappa shape index (κ3) is 2.41. The van der Waals surface area contributed by atoms with Gasteiger partial charge in [-0.2, -0.15) is 0 Å². The zero-order valence-electron chi connectivity index (χ0n) is 9.66. The molecule has 1 aromatic rings. The standard InChI is InChI=1S/C12H21N3/c1-10(12-4-3-7-14-12)15(2)11-5-8-13-9-6-11/h3-4,7,10-11,13-14H,5-6,8-9H2,1-2H3/t10-/m0/s1. The van der Waals surface area contributed by atoms with Gasteiger partial charge in [0, 0.05) is 24.0 Å². The van der Waals surface area contributed by atoms with E-state index in [2.05, 4.69) is 41.3 Å². The summed E-state index contributed by atoms with van der Waals surface area (Å²) >= 11 is 0. The second kappa shape index (κ2) is 4.81. The molecule has 0 unspecified atom stereocenters. The Balaban J connectivity index is 1.97. The molecule has 1 aromatic heterocycles. The number of hydrogen-bond acceptors (Lipinski definition) is 2. The monoisotopic (exact) mass is 207 g/mol. The van der Waals surface area contributed by atoms with Crippen LogP contribution in [0.5, 0.6) is 0 Å². The molecule has 1 saturated heterocycles. The van der Waals surface area contributed by atoms with Gasteiger partial charge in [-0.05, 0) is 52.0 Å². The smallest absolute Gasteiger partial charge is 0.0470 e. The van der Waals surface area contributed by atoms with Crippen molar-refractivity contribution in [2.45, 2.75) is 31.8 Å². The molecular formula is C12H21N3. The SMILES string of the molecule is C[C@@H](c1ccc[nH]1)N(C)C1CCNCC1. The van der Waals surface area contributed by atoms with Crippen molar-refractivity contribution >= 4 is 0 Å². The van der Waals surface area contributed by atoms with Crippen molar-refractivity contribution in [3.05, 3.63) is 24.0 Å². The highest BCUT2D eigenvalue weighted by atomic mass is 15.2. The van der Waals surface area contributed by atoms with E-state index in [0.29, 0.717) is 6.04 Å². The highest BCUT2D eigenvalue weighted by molar-refractivity contribution is 5.08. The molecule has 0 aliphatic carbocycles. The maximum absolute atomic E-state index is 3.41. The Labute approximate surface area is 91.9 Å². The van der Waals surface area contributed by atoms with E-state index in [-0.39, 0.29) is 0 Å². The predicted octanol–water partition coefficient (Wildman–Crippen LogP) is 1.76. The molecular weight excluding hydrogens is 186 g/mol. The summed E-state index contributed by atoms with van der Waals surface area (Å²) in [5.74, 6) is 0. The Morgan fingerprint density at radius 2 is 2.13 bits per heavy atom. The topological polar surface area (TPSA) is 31.1 Å². The average Bonchev–Trinajstić information content (AvgIpc) is 2.82. The van der Waals surface area contributed by atoms with Crippen LogP contribution in [-0.2, 0) is 0 Å². The van der Waals surface area contributed by atoms with Crippen LogP contribution in [0.15, 0.2) is 18.3 Å². The summed E-state index contributed by atoms with van der Waals surface area (Å²) in [7, 11) is 2.24. The van der Waals surface area contributed by atoms with E-state index in [9.17, 15) is 0 Å². The fraction of sp³-hybridized carbons (Fsp3) is 0.667. The van der Waals surface area contributed by atoms with Gasteiger partial charge in [0.05, 0.1) is 0 Å². The van der Waals surface area contributed by atoms with Gasteiger partial charge < -0.3 is 10.3 Å². The summed E-state index contributed by atoms with van der Waals surface area (Å²) < 4.78 is 0. The molecule has 0 aromatic carbocycles. The van der Waals surface area contributed by atoms with Crippen molar-refractivity contribution in [2.24, 2.45) is 0 Å². The zero-order chi connectivity index (χ0) is 10.7. The van der Waals surface area contributed by atoms with E-state index in [1.165, 1.54) is 18.5 Å². The highest BCUT2D eigenvalue weighted by Gasteiger charge is 2.22. The molecule has 0 bridgehead atoms. The molecule has 0 radical (unpaired) electrons. The van der Waals surface area contributed by atoms with Gasteiger partial charge in [-0.3, -0.25) is 4.90 Å². The Morgan fingerprint density at radius 1 is 1.40 bits per heavy atom. The molecule has 84 valence electrons. The lowest BCUT2D eigenvalue weighted by Crippen LogP contribution is -2.42. The number of nitrogens with zero attached hydrogens (tertiary/aromatic N) is 1. The van der Waals surface area contributed by atoms with Gasteiger partial charge in [-0.15, -0.1) is 0 Å². The largest absolute Gasteiger partial charge is 0.364 e. The number of aromatic nitrogens is 1. The van der Waals surface area contributed by atoms with Crippen molar-refractivity contribution in [2.75, 3.05) is 20.1 Å². The van der Waals surface area contributed by atoms with Crippen LogP contribution in [0.3, 0.4) is 0 Å². The van der Waals surface area contributed by atoms with E-state index in [0.717, 1.165) is 19.1 Å². The number of nitrogens with one attached hydrogen (secondary N) is 2. The summed E-state index contributed by atoms with van der Waals surface area (Å²) in [6, 6.07) is 5.46. The fourth-order valence-electron chi connectivity index (χ4n) is 2.35. The Kier molecular flexibility index (Phi) is 3.44. The minimum Gasteiger partial charge on any atom is -0.364 e. The van der Waals surface area contributed by atoms with Crippen LogP contribution in [0, 0.1) is 0 Å². The van der Waals surface area contributed by atoms with Crippen molar-refractivity contribution < 1.29 is 0 Å². The van der Waals surface area contributed by atoms with Gasteiger partial charge >= 0.3 is 0 Å². The second-order valence-electron chi connectivity index (χ2n) is 4.45. The first kappa shape index (κ1) is 10.7. The van der Waals surface area contributed by atoms with Gasteiger partial charge in [0.2, 0.25) is 0 Å². The minimum atomic E-state index is 0.489. The van der Waals surface area contributed by atoms with Crippen molar-refractivity contribution in [1.82, 2.24) is 15.2 Å². The van der Waals surface area contributed by atoms with E-state index in [1.807, 2.05) is 6.20 Å². The first-order valence-electron chi connectivity index (χ1n) is 5.85. The minimum absolute atomic E-state index is 0.489. The number of piperidine rings is 1. The van der Waals surface area contributed by atoms with E-state index >= 15 is 0 Å². The van der Waals surface area contributed by atoms with Crippen LogP contribution in [-0.4, -0.2) is 36.1 Å². The number of H-pyrrole nitrogens is 1. The molecule has 1 aliphatic heterocycles. The average molecular weight is 207 g/mol. The van der Waals surface area contributed by atoms with Crippen LogP contribution in [0.2, 0.25) is 0 Å². The van der Waals surface area contributed by atoms with Crippen LogP contribution < -0.4 is 5.32 Å². The van der Waals surface area contributed by atoms with Gasteiger partial charge in [0.1, 0.15) is 0 Å². The molecule has 0 saturated carbocycles. The quantitative estimate of drug-likeness (QED) is 0.791. The summed E-state index contributed by atoms with van der Waals surface area (Å²) in [6.07, 6.45) is 4.53. The molecule has 3 nitrogen and oxygen atoms in total. The lowest BCUT2D eigenvalue weighted by Gasteiger charge is -2.35. The Morgan fingerprint density at radius 3 is 2.73 bits per heavy atom. The summed E-state index contributed by atoms with van der Waals surface area (Å²) in [4.78, 5) is 5.79. The second-order valence-corrected chi connectivity index (χ2v) is 4.45. The molecule has 1 aliphatic rings. The van der Waals surface area contributed by atoms with Gasteiger partial charge in [-0.1, -0.05) is 0 Å². The van der Waals surface area contributed by atoms with E-state index < -0.39 is 0 Å². The first-order chi connectivity index (χ1) is 7.29. The molecule has 0 spiro atoms. The lowest BCUT2D eigenvalue weighted by atomic mass is 10.0. The summed E-state index contributed by atoms with van der Waals surface area (Å²) in [6.45, 7) is 4.59. The van der Waals surface area contributed by atoms with Crippen molar-refractivity contribution in [1.29, 1.82) is 0 Å². The number of hydrogen-bond donors (Lipinski definition) is 2. The molecule has 2 N–H and O–H groups in total. The molecule has 15 heavy (non-hydrogen) atoms. The first-order valence-corrected chi connectivity index (χ1v) is 5.85. The third-order valence-corrected chi connectivity index (χ3v) is 3.57. The fourth-order valence-corrected chi connectivity index (χ4v) is 2.35. The maximum Gasteiger partial charge on any atom is 0.0470 e. The van der Waals surface area contributed by atoms with Gasteiger partial charge in [0.15, 0.2) is 0 Å². The van der Waals surface area contributed by atoms with E-state index in [4.69, 9.17) is 0 Å². The molecule has 2 heterocycles. The Bertz CT molecular complexity index is 275. The normalized spacial score (nSPS) is 20.7. The predicted molar refractivity (Wildman–Crippen MR) is 62.9 cm³/mol.